The number of likely N-dealkylation sites (N-methyl/N-ethyl adjacent to an activating group) is 1. The number of nitrogens with one attached hydrogen (secondary N) is 1. The van der Waals surface area contributed by atoms with E-state index in [0.29, 0.717) is 17.9 Å². The molecule has 1 aromatic rings. The highest BCUT2D eigenvalue weighted by molar-refractivity contribution is 6.04. The first-order valence-electron chi connectivity index (χ1n) is 6.96. The molecule has 0 radical (unpaired) electrons. The minimum absolute atomic E-state index is 0.0219. The molecular formula is C16H23NO4. The number of methoxy groups -OCH3 is 1. The third kappa shape index (κ3) is 4.29. The fourth-order valence-electron chi connectivity index (χ4n) is 2.32. The number of carbonyl (C=O) groups is 2. The van der Waals surface area contributed by atoms with Crippen molar-refractivity contribution in [2.24, 2.45) is 0 Å². The average molecular weight is 293 g/mol. The number of carbonyl (C=O) groups excluding carboxylic acids is 2. The summed E-state index contributed by atoms with van der Waals surface area (Å²) in [7, 11) is 3.25. The zero-order chi connectivity index (χ0) is 16.0. The number of rotatable bonds is 7. The van der Waals surface area contributed by atoms with Gasteiger partial charge in [0.2, 0.25) is 0 Å². The number of esters is 1. The van der Waals surface area contributed by atoms with Crippen molar-refractivity contribution in [3.63, 3.8) is 0 Å². The van der Waals surface area contributed by atoms with Crippen LogP contribution in [0.5, 0.6) is 5.75 Å². The van der Waals surface area contributed by atoms with Crippen molar-refractivity contribution in [1.82, 2.24) is 5.32 Å². The molecular weight excluding hydrogens is 270 g/mol. The van der Waals surface area contributed by atoms with Crippen LogP contribution in [0.3, 0.4) is 0 Å². The number of hydrogen-bond donors (Lipinski definition) is 1. The summed E-state index contributed by atoms with van der Waals surface area (Å²) in [5.41, 5.74) is 2.29. The summed E-state index contributed by atoms with van der Waals surface area (Å²) < 4.78 is 10.1. The SMILES string of the molecule is CCOC(=O)CC(NC)C(=O)c1c(C)cc(OC)cc1C. The molecule has 0 heterocycles. The molecule has 0 saturated carbocycles. The van der Waals surface area contributed by atoms with E-state index in [1.165, 1.54) is 0 Å². The lowest BCUT2D eigenvalue weighted by Crippen LogP contribution is -2.37. The van der Waals surface area contributed by atoms with E-state index in [2.05, 4.69) is 5.32 Å². The standard InChI is InChI=1S/C16H23NO4/c1-6-21-14(18)9-13(17-4)16(19)15-10(2)7-12(20-5)8-11(15)3/h7-8,13,17H,6,9H2,1-5H3. The smallest absolute Gasteiger partial charge is 0.307 e. The van der Waals surface area contributed by atoms with Crippen LogP contribution < -0.4 is 10.1 Å². The first kappa shape index (κ1) is 17.2. The summed E-state index contributed by atoms with van der Waals surface area (Å²) in [4.78, 5) is 24.2. The Morgan fingerprint density at radius 3 is 2.24 bits per heavy atom. The Balaban J connectivity index is 3.03. The predicted molar refractivity (Wildman–Crippen MR) is 80.9 cm³/mol. The van der Waals surface area contributed by atoms with Crippen LogP contribution >= 0.6 is 0 Å². The second kappa shape index (κ2) is 7.78. The molecule has 0 bridgehead atoms. The van der Waals surface area contributed by atoms with E-state index in [1.807, 2.05) is 26.0 Å². The summed E-state index contributed by atoms with van der Waals surface area (Å²) in [6, 6.07) is 3.05. The molecule has 0 aliphatic heterocycles. The molecule has 0 saturated heterocycles. The molecule has 0 aromatic heterocycles. The normalized spacial score (nSPS) is 11.9. The van der Waals surface area contributed by atoms with Gasteiger partial charge in [0.25, 0.3) is 0 Å². The lowest BCUT2D eigenvalue weighted by atomic mass is 9.93. The van der Waals surface area contributed by atoms with E-state index in [0.717, 1.165) is 11.1 Å². The molecule has 1 rings (SSSR count). The van der Waals surface area contributed by atoms with Crippen LogP contribution in [0.15, 0.2) is 12.1 Å². The first-order valence-corrected chi connectivity index (χ1v) is 6.96. The number of hydrogen-bond acceptors (Lipinski definition) is 5. The van der Waals surface area contributed by atoms with Crippen molar-refractivity contribution in [2.45, 2.75) is 33.2 Å². The van der Waals surface area contributed by atoms with Gasteiger partial charge in [-0.3, -0.25) is 9.59 Å². The zero-order valence-corrected chi connectivity index (χ0v) is 13.3. The van der Waals surface area contributed by atoms with Crippen molar-refractivity contribution in [3.05, 3.63) is 28.8 Å². The van der Waals surface area contributed by atoms with Gasteiger partial charge in [0.1, 0.15) is 5.75 Å². The van der Waals surface area contributed by atoms with E-state index in [1.54, 1.807) is 21.1 Å². The highest BCUT2D eigenvalue weighted by Crippen LogP contribution is 2.23. The average Bonchev–Trinajstić information content (AvgIpc) is 2.43. The highest BCUT2D eigenvalue weighted by atomic mass is 16.5. The van der Waals surface area contributed by atoms with Gasteiger partial charge in [0, 0.05) is 5.56 Å². The maximum absolute atomic E-state index is 12.6. The Morgan fingerprint density at radius 1 is 1.24 bits per heavy atom. The Labute approximate surface area is 125 Å². The van der Waals surface area contributed by atoms with Gasteiger partial charge < -0.3 is 14.8 Å². The van der Waals surface area contributed by atoms with E-state index >= 15 is 0 Å². The van der Waals surface area contributed by atoms with E-state index in [9.17, 15) is 9.59 Å². The van der Waals surface area contributed by atoms with Gasteiger partial charge in [-0.15, -0.1) is 0 Å². The molecule has 116 valence electrons. The number of ether oxygens (including phenoxy) is 2. The van der Waals surface area contributed by atoms with Gasteiger partial charge in [-0.05, 0) is 51.1 Å². The minimum Gasteiger partial charge on any atom is -0.497 e. The molecule has 1 aromatic carbocycles. The highest BCUT2D eigenvalue weighted by Gasteiger charge is 2.25. The van der Waals surface area contributed by atoms with Crippen molar-refractivity contribution >= 4 is 11.8 Å². The molecule has 0 aliphatic carbocycles. The molecule has 0 fully saturated rings. The van der Waals surface area contributed by atoms with Crippen molar-refractivity contribution in [2.75, 3.05) is 20.8 Å². The van der Waals surface area contributed by atoms with Crippen molar-refractivity contribution in [1.29, 1.82) is 0 Å². The van der Waals surface area contributed by atoms with Crippen LogP contribution in [-0.2, 0) is 9.53 Å². The largest absolute Gasteiger partial charge is 0.497 e. The summed E-state index contributed by atoms with van der Waals surface area (Å²) in [6.45, 7) is 5.77. The van der Waals surface area contributed by atoms with Gasteiger partial charge in [0.05, 0.1) is 26.2 Å². The number of aryl methyl sites for hydroxylation is 2. The monoisotopic (exact) mass is 293 g/mol. The Bertz CT molecular complexity index is 502. The Morgan fingerprint density at radius 2 is 1.81 bits per heavy atom. The van der Waals surface area contributed by atoms with Crippen LogP contribution in [0.25, 0.3) is 0 Å². The van der Waals surface area contributed by atoms with E-state index < -0.39 is 6.04 Å². The van der Waals surface area contributed by atoms with Gasteiger partial charge >= 0.3 is 5.97 Å². The van der Waals surface area contributed by atoms with Crippen LogP contribution in [0.2, 0.25) is 0 Å². The number of benzene rings is 1. The Kier molecular flexibility index (Phi) is 6.37. The fraction of sp³-hybridized carbons (Fsp3) is 0.500. The predicted octanol–water partition coefficient (Wildman–Crippen LogP) is 2.04. The van der Waals surface area contributed by atoms with Crippen LogP contribution in [0.4, 0.5) is 0 Å². The summed E-state index contributed by atoms with van der Waals surface area (Å²) in [5.74, 6) is 0.227. The summed E-state index contributed by atoms with van der Waals surface area (Å²) >= 11 is 0. The third-order valence-electron chi connectivity index (χ3n) is 3.33. The van der Waals surface area contributed by atoms with E-state index in [-0.39, 0.29) is 18.2 Å². The van der Waals surface area contributed by atoms with Crippen molar-refractivity contribution in [3.8, 4) is 5.75 Å². The summed E-state index contributed by atoms with van der Waals surface area (Å²) in [6.07, 6.45) is 0.0219. The molecule has 1 atom stereocenters. The maximum atomic E-state index is 12.6. The summed E-state index contributed by atoms with van der Waals surface area (Å²) in [5, 5.41) is 2.89. The van der Waals surface area contributed by atoms with Gasteiger partial charge in [0.15, 0.2) is 5.78 Å². The molecule has 1 N–H and O–H groups in total. The molecule has 0 aliphatic rings. The fourth-order valence-corrected chi connectivity index (χ4v) is 2.32. The topological polar surface area (TPSA) is 64.6 Å². The van der Waals surface area contributed by atoms with Crippen LogP contribution in [0, 0.1) is 13.8 Å². The van der Waals surface area contributed by atoms with Gasteiger partial charge in [-0.2, -0.15) is 0 Å². The minimum atomic E-state index is -0.588. The van der Waals surface area contributed by atoms with Crippen molar-refractivity contribution < 1.29 is 19.1 Å². The first-order chi connectivity index (χ1) is 9.94. The van der Waals surface area contributed by atoms with E-state index in [4.69, 9.17) is 9.47 Å². The number of Topliss-reactive ketones (excluding diaryl/α,β-unsaturated/α-hetero) is 1. The molecule has 21 heavy (non-hydrogen) atoms. The maximum Gasteiger partial charge on any atom is 0.307 e. The second-order valence-electron chi connectivity index (χ2n) is 4.85. The molecule has 1 unspecified atom stereocenters. The quantitative estimate of drug-likeness (QED) is 0.615. The van der Waals surface area contributed by atoms with Gasteiger partial charge in [-0.1, -0.05) is 0 Å². The lowest BCUT2D eigenvalue weighted by Gasteiger charge is -2.18. The molecule has 5 nitrogen and oxygen atoms in total. The van der Waals surface area contributed by atoms with Crippen LogP contribution in [0.1, 0.15) is 34.8 Å². The van der Waals surface area contributed by atoms with Crippen LogP contribution in [-0.4, -0.2) is 38.6 Å². The van der Waals surface area contributed by atoms with Gasteiger partial charge in [-0.25, -0.2) is 0 Å². The Hall–Kier alpha value is -1.88. The lowest BCUT2D eigenvalue weighted by molar-refractivity contribution is -0.143. The third-order valence-corrected chi connectivity index (χ3v) is 3.33. The molecule has 0 amide bonds. The number of ketones is 1. The molecule has 5 heteroatoms. The zero-order valence-electron chi connectivity index (χ0n) is 13.3. The second-order valence-corrected chi connectivity index (χ2v) is 4.85. The molecule has 0 spiro atoms.